The van der Waals surface area contributed by atoms with E-state index < -0.39 is 39.5 Å². The molecule has 0 bridgehead atoms. The molecule has 1 atom stereocenters. The van der Waals surface area contributed by atoms with Crippen molar-refractivity contribution in [2.45, 2.75) is 45.1 Å². The number of hydrogen-bond acceptors (Lipinski definition) is 6. The van der Waals surface area contributed by atoms with E-state index in [1.807, 2.05) is 0 Å². The Morgan fingerprint density at radius 2 is 1.62 bits per heavy atom. The molecule has 0 fully saturated rings. The van der Waals surface area contributed by atoms with E-state index in [1.54, 1.807) is 57.2 Å². The van der Waals surface area contributed by atoms with Gasteiger partial charge in [-0.2, -0.15) is 8.42 Å². The first kappa shape index (κ1) is 22.8. The van der Waals surface area contributed by atoms with Crippen molar-refractivity contribution in [2.75, 3.05) is 6.61 Å². The van der Waals surface area contributed by atoms with Crippen molar-refractivity contribution in [3.8, 4) is 0 Å². The minimum absolute atomic E-state index is 0.0474. The van der Waals surface area contributed by atoms with Gasteiger partial charge < -0.3 is 4.74 Å². The lowest BCUT2D eigenvalue weighted by molar-refractivity contribution is -0.170. The Kier molecular flexibility index (Phi) is 6.35. The fourth-order valence-electron chi connectivity index (χ4n) is 2.64. The highest BCUT2D eigenvalue weighted by atomic mass is 32.2. The smallest absolute Gasteiger partial charge is 0.322 e. The molecule has 0 aromatic heterocycles. The SMILES string of the molecule is C=Cc1ccc(S(=O)(=O)OCC(C)(C(C)=O)C(=O)OC(C)(C)C)c2ccccc12. The van der Waals surface area contributed by atoms with Crippen LogP contribution < -0.4 is 0 Å². The molecule has 0 aliphatic heterocycles. The summed E-state index contributed by atoms with van der Waals surface area (Å²) in [6.07, 6.45) is 1.63. The van der Waals surface area contributed by atoms with Gasteiger partial charge in [-0.05, 0) is 51.6 Å². The number of fused-ring (bicyclic) bond motifs is 1. The molecule has 0 N–H and O–H groups in total. The van der Waals surface area contributed by atoms with Crippen molar-refractivity contribution in [1.82, 2.24) is 0 Å². The van der Waals surface area contributed by atoms with E-state index in [0.717, 1.165) is 5.56 Å². The Morgan fingerprint density at radius 1 is 1.03 bits per heavy atom. The molecule has 7 heteroatoms. The van der Waals surface area contributed by atoms with Crippen molar-refractivity contribution in [2.24, 2.45) is 5.41 Å². The normalized spacial score (nSPS) is 14.2. The van der Waals surface area contributed by atoms with Crippen LogP contribution in [0.5, 0.6) is 0 Å². The maximum atomic E-state index is 12.9. The molecule has 2 aromatic carbocycles. The summed E-state index contributed by atoms with van der Waals surface area (Å²) in [5, 5.41) is 1.17. The summed E-state index contributed by atoms with van der Waals surface area (Å²) in [5.74, 6) is -1.38. The molecule has 2 aromatic rings. The van der Waals surface area contributed by atoms with Crippen molar-refractivity contribution in [1.29, 1.82) is 0 Å². The van der Waals surface area contributed by atoms with Gasteiger partial charge in [-0.15, -0.1) is 0 Å². The standard InChI is InChI=1S/C22H26O6S/c1-7-16-12-13-19(18-11-9-8-10-17(16)18)29(25,26)27-14-22(6,15(2)23)20(24)28-21(3,4)5/h7-13H,1,14H2,2-6H3. The zero-order valence-electron chi connectivity index (χ0n) is 17.3. The van der Waals surface area contributed by atoms with Gasteiger partial charge in [0.25, 0.3) is 10.1 Å². The summed E-state index contributed by atoms with van der Waals surface area (Å²) < 4.78 is 36.3. The van der Waals surface area contributed by atoms with Crippen LogP contribution in [0.25, 0.3) is 16.8 Å². The largest absolute Gasteiger partial charge is 0.459 e. The molecular formula is C22H26O6S. The summed E-state index contributed by atoms with van der Waals surface area (Å²) in [6.45, 7) is 10.6. The van der Waals surface area contributed by atoms with Crippen LogP contribution in [0.4, 0.5) is 0 Å². The maximum absolute atomic E-state index is 12.9. The van der Waals surface area contributed by atoms with Gasteiger partial charge in [0.1, 0.15) is 21.7 Å². The number of hydrogen-bond donors (Lipinski definition) is 0. The summed E-state index contributed by atoms with van der Waals surface area (Å²) in [6, 6.07) is 10.0. The number of carbonyl (C=O) groups is 2. The lowest BCUT2D eigenvalue weighted by atomic mass is 9.87. The third kappa shape index (κ3) is 4.92. The van der Waals surface area contributed by atoms with Crippen LogP contribution >= 0.6 is 0 Å². The average molecular weight is 419 g/mol. The van der Waals surface area contributed by atoms with Crippen LogP contribution in [0.15, 0.2) is 47.9 Å². The number of ether oxygens (including phenoxy) is 1. The van der Waals surface area contributed by atoms with Gasteiger partial charge in [-0.3, -0.25) is 13.8 Å². The highest BCUT2D eigenvalue weighted by Crippen LogP contribution is 2.30. The van der Waals surface area contributed by atoms with Crippen molar-refractivity contribution < 1.29 is 26.9 Å². The van der Waals surface area contributed by atoms with Gasteiger partial charge in [0.05, 0.1) is 6.61 Å². The highest BCUT2D eigenvalue weighted by molar-refractivity contribution is 7.87. The molecule has 6 nitrogen and oxygen atoms in total. The predicted molar refractivity (Wildman–Crippen MR) is 112 cm³/mol. The first-order valence-electron chi connectivity index (χ1n) is 9.10. The van der Waals surface area contributed by atoms with Gasteiger partial charge in [0.2, 0.25) is 0 Å². The summed E-state index contributed by atoms with van der Waals surface area (Å²) >= 11 is 0. The van der Waals surface area contributed by atoms with Gasteiger partial charge in [0.15, 0.2) is 0 Å². The molecule has 0 saturated heterocycles. The quantitative estimate of drug-likeness (QED) is 0.382. The minimum Gasteiger partial charge on any atom is -0.459 e. The summed E-state index contributed by atoms with van der Waals surface area (Å²) in [7, 11) is -4.25. The van der Waals surface area contributed by atoms with Crippen LogP contribution in [-0.2, 0) is 28.6 Å². The van der Waals surface area contributed by atoms with E-state index in [-0.39, 0.29) is 4.90 Å². The molecule has 0 heterocycles. The summed E-state index contributed by atoms with van der Waals surface area (Å²) in [5.41, 5.74) is -1.80. The number of esters is 1. The second-order valence-corrected chi connectivity index (χ2v) is 9.59. The second kappa shape index (κ2) is 8.08. The molecule has 2 rings (SSSR count). The third-order valence-corrected chi connectivity index (χ3v) is 5.86. The molecule has 0 spiro atoms. The Balaban J connectivity index is 2.41. The van der Waals surface area contributed by atoms with Crippen LogP contribution in [0.1, 0.15) is 40.2 Å². The minimum atomic E-state index is -4.25. The van der Waals surface area contributed by atoms with Gasteiger partial charge in [0, 0.05) is 5.39 Å². The molecule has 0 aliphatic rings. The van der Waals surface area contributed by atoms with E-state index in [2.05, 4.69) is 6.58 Å². The number of benzene rings is 2. The Bertz CT molecular complexity index is 1060. The van der Waals surface area contributed by atoms with Crippen LogP contribution in [0.3, 0.4) is 0 Å². The fraction of sp³-hybridized carbons (Fsp3) is 0.364. The number of carbonyl (C=O) groups excluding carboxylic acids is 2. The van der Waals surface area contributed by atoms with Crippen molar-refractivity contribution in [3.05, 3.63) is 48.5 Å². The lowest BCUT2D eigenvalue weighted by Crippen LogP contribution is -2.44. The number of Topliss-reactive ketones (excluding diaryl/α,β-unsaturated/α-hetero) is 1. The third-order valence-electron chi connectivity index (χ3n) is 4.54. The number of ketones is 1. The fourth-order valence-corrected chi connectivity index (χ4v) is 3.84. The first-order valence-corrected chi connectivity index (χ1v) is 10.5. The zero-order valence-corrected chi connectivity index (χ0v) is 18.1. The highest BCUT2D eigenvalue weighted by Gasteiger charge is 2.43. The Morgan fingerprint density at radius 3 is 2.14 bits per heavy atom. The van der Waals surface area contributed by atoms with E-state index in [1.165, 1.54) is 19.9 Å². The second-order valence-electron chi connectivity index (χ2n) is 8.01. The zero-order chi connectivity index (χ0) is 22.0. The van der Waals surface area contributed by atoms with E-state index in [0.29, 0.717) is 10.8 Å². The maximum Gasteiger partial charge on any atom is 0.322 e. The molecule has 0 saturated carbocycles. The predicted octanol–water partition coefficient (Wildman–Crippen LogP) is 4.13. The van der Waals surface area contributed by atoms with Crippen LogP contribution in [0.2, 0.25) is 0 Å². The number of rotatable bonds is 7. The molecule has 0 amide bonds. The van der Waals surface area contributed by atoms with Gasteiger partial charge in [-0.25, -0.2) is 0 Å². The topological polar surface area (TPSA) is 86.7 Å². The van der Waals surface area contributed by atoms with E-state index in [4.69, 9.17) is 8.92 Å². The van der Waals surface area contributed by atoms with E-state index in [9.17, 15) is 18.0 Å². The molecular weight excluding hydrogens is 392 g/mol. The van der Waals surface area contributed by atoms with Crippen molar-refractivity contribution >= 4 is 38.7 Å². The average Bonchev–Trinajstić information content (AvgIpc) is 2.63. The monoisotopic (exact) mass is 418 g/mol. The van der Waals surface area contributed by atoms with Gasteiger partial charge >= 0.3 is 5.97 Å². The Hall–Kier alpha value is -2.51. The first-order chi connectivity index (χ1) is 13.3. The molecule has 0 radical (unpaired) electrons. The summed E-state index contributed by atoms with van der Waals surface area (Å²) in [4.78, 5) is 24.7. The van der Waals surface area contributed by atoms with E-state index >= 15 is 0 Å². The van der Waals surface area contributed by atoms with Crippen LogP contribution in [0, 0.1) is 5.41 Å². The lowest BCUT2D eigenvalue weighted by Gasteiger charge is -2.29. The van der Waals surface area contributed by atoms with Crippen LogP contribution in [-0.4, -0.2) is 32.4 Å². The molecule has 156 valence electrons. The van der Waals surface area contributed by atoms with Crippen molar-refractivity contribution in [3.63, 3.8) is 0 Å². The Labute approximate surface area is 171 Å². The molecule has 0 aliphatic carbocycles. The molecule has 29 heavy (non-hydrogen) atoms. The molecule has 1 unspecified atom stereocenters. The van der Waals surface area contributed by atoms with Gasteiger partial charge in [-0.1, -0.05) is 43.0 Å².